The second-order valence-electron chi connectivity index (χ2n) is 3.48. The van der Waals surface area contributed by atoms with Crippen LogP contribution in [0.5, 0.6) is 0 Å². The Morgan fingerprint density at radius 3 is 2.71 bits per heavy atom. The van der Waals surface area contributed by atoms with Crippen molar-refractivity contribution in [3.8, 4) is 0 Å². The van der Waals surface area contributed by atoms with E-state index in [1.165, 1.54) is 17.5 Å². The Hall–Kier alpha value is -1.60. The number of rotatable bonds is 2. The highest BCUT2D eigenvalue weighted by Crippen LogP contribution is 2.24. The number of carbonyl (C=O) groups is 1. The average molecular weight is 256 g/mol. The summed E-state index contributed by atoms with van der Waals surface area (Å²) in [6.45, 7) is 0.633. The van der Waals surface area contributed by atoms with Crippen molar-refractivity contribution in [2.45, 2.75) is 0 Å². The van der Waals surface area contributed by atoms with E-state index in [1.54, 1.807) is 18.2 Å². The van der Waals surface area contributed by atoms with Crippen molar-refractivity contribution in [3.05, 3.63) is 29.8 Å². The number of ether oxygens (including phenoxy) is 1. The minimum atomic E-state index is -3.53. The number of nitrogens with one attached hydrogen (secondary N) is 1. The molecule has 92 valence electrons. The van der Waals surface area contributed by atoms with Crippen LogP contribution < -0.4 is 9.03 Å². The fourth-order valence-corrected chi connectivity index (χ4v) is 2.95. The topological polar surface area (TPSA) is 75.7 Å². The molecule has 1 heterocycles. The molecule has 0 unspecified atom stereocenters. The number of esters is 1. The number of para-hydroxylation sites is 1. The van der Waals surface area contributed by atoms with Crippen LogP contribution in [0.25, 0.3) is 0 Å². The molecule has 1 N–H and O–H groups in total. The van der Waals surface area contributed by atoms with Gasteiger partial charge in [-0.3, -0.25) is 4.31 Å². The van der Waals surface area contributed by atoms with E-state index >= 15 is 0 Å². The Bertz CT molecular complexity index is 541. The minimum absolute atomic E-state index is 0.238. The van der Waals surface area contributed by atoms with Gasteiger partial charge in [0.2, 0.25) is 0 Å². The van der Waals surface area contributed by atoms with Crippen molar-refractivity contribution < 1.29 is 17.9 Å². The zero-order valence-corrected chi connectivity index (χ0v) is 10.0. The first kappa shape index (κ1) is 11.9. The van der Waals surface area contributed by atoms with Crippen LogP contribution in [0.4, 0.5) is 5.69 Å². The molecule has 1 aliphatic heterocycles. The maximum Gasteiger partial charge on any atom is 0.340 e. The summed E-state index contributed by atoms with van der Waals surface area (Å²) in [6.07, 6.45) is 0. The Balaban J connectivity index is 2.49. The van der Waals surface area contributed by atoms with Gasteiger partial charge in [0.25, 0.3) is 0 Å². The summed E-state index contributed by atoms with van der Waals surface area (Å²) < 4.78 is 31.5. The third-order valence-electron chi connectivity index (χ3n) is 2.47. The number of nitrogens with zero attached hydrogens (tertiary/aromatic N) is 1. The quantitative estimate of drug-likeness (QED) is 0.763. The van der Waals surface area contributed by atoms with Gasteiger partial charge in [-0.2, -0.15) is 13.1 Å². The first-order valence-corrected chi connectivity index (χ1v) is 6.45. The SMILES string of the molecule is COC(=O)c1ccccc1N1CCNS1(=O)=O. The molecule has 1 aromatic carbocycles. The summed E-state index contributed by atoms with van der Waals surface area (Å²) in [5.74, 6) is -0.553. The largest absolute Gasteiger partial charge is 0.465 e. The lowest BCUT2D eigenvalue weighted by molar-refractivity contribution is 0.0601. The van der Waals surface area contributed by atoms with Gasteiger partial charge in [0.05, 0.1) is 18.4 Å². The first-order valence-electron chi connectivity index (χ1n) is 5.01. The molecular weight excluding hydrogens is 244 g/mol. The van der Waals surface area contributed by atoms with Gasteiger partial charge in [-0.1, -0.05) is 12.1 Å². The molecule has 0 aromatic heterocycles. The van der Waals surface area contributed by atoms with Gasteiger partial charge in [-0.05, 0) is 12.1 Å². The van der Waals surface area contributed by atoms with E-state index in [9.17, 15) is 13.2 Å². The number of anilines is 1. The smallest absolute Gasteiger partial charge is 0.340 e. The number of benzene rings is 1. The summed E-state index contributed by atoms with van der Waals surface area (Å²) in [4.78, 5) is 11.5. The maximum atomic E-state index is 11.7. The van der Waals surface area contributed by atoms with E-state index < -0.39 is 16.2 Å². The van der Waals surface area contributed by atoms with Crippen LogP contribution >= 0.6 is 0 Å². The van der Waals surface area contributed by atoms with Crippen LogP contribution in [0.3, 0.4) is 0 Å². The molecular formula is C10H12N2O4S. The monoisotopic (exact) mass is 256 g/mol. The standard InChI is InChI=1S/C10H12N2O4S/c1-16-10(13)8-4-2-3-5-9(8)12-7-6-11-17(12,14)15/h2-5,11H,6-7H2,1H3. The zero-order valence-electron chi connectivity index (χ0n) is 9.21. The van der Waals surface area contributed by atoms with Crippen molar-refractivity contribution >= 4 is 21.9 Å². The first-order chi connectivity index (χ1) is 8.06. The highest BCUT2D eigenvalue weighted by atomic mass is 32.2. The summed E-state index contributed by atoms with van der Waals surface area (Å²) in [7, 11) is -2.27. The molecule has 1 aromatic rings. The summed E-state index contributed by atoms with van der Waals surface area (Å²) >= 11 is 0. The Morgan fingerprint density at radius 1 is 1.41 bits per heavy atom. The summed E-state index contributed by atoms with van der Waals surface area (Å²) in [5.41, 5.74) is 0.576. The van der Waals surface area contributed by atoms with Gasteiger partial charge in [0.1, 0.15) is 0 Å². The third-order valence-corrected chi connectivity index (χ3v) is 4.00. The van der Waals surface area contributed by atoms with Crippen molar-refractivity contribution in [1.29, 1.82) is 0 Å². The van der Waals surface area contributed by atoms with Crippen LogP contribution in [-0.4, -0.2) is 34.6 Å². The van der Waals surface area contributed by atoms with Crippen molar-refractivity contribution in [2.75, 3.05) is 24.5 Å². The number of hydrogen-bond donors (Lipinski definition) is 1. The van der Waals surface area contributed by atoms with E-state index in [2.05, 4.69) is 9.46 Å². The van der Waals surface area contributed by atoms with E-state index in [0.717, 1.165) is 0 Å². The normalized spacial score (nSPS) is 18.1. The van der Waals surface area contributed by atoms with E-state index in [-0.39, 0.29) is 5.56 Å². The Kier molecular flexibility index (Phi) is 3.03. The van der Waals surface area contributed by atoms with Crippen LogP contribution in [0.2, 0.25) is 0 Å². The molecule has 0 aliphatic carbocycles. The minimum Gasteiger partial charge on any atom is -0.465 e. The molecule has 17 heavy (non-hydrogen) atoms. The molecule has 0 spiro atoms. The van der Waals surface area contributed by atoms with Gasteiger partial charge in [0.15, 0.2) is 0 Å². The van der Waals surface area contributed by atoms with E-state index in [1.807, 2.05) is 0 Å². The van der Waals surface area contributed by atoms with Crippen LogP contribution in [0.1, 0.15) is 10.4 Å². The average Bonchev–Trinajstić information content (AvgIpc) is 2.68. The molecule has 0 atom stereocenters. The highest BCUT2D eigenvalue weighted by molar-refractivity contribution is 7.91. The van der Waals surface area contributed by atoms with Crippen LogP contribution in [-0.2, 0) is 14.9 Å². The predicted molar refractivity (Wildman–Crippen MR) is 62.1 cm³/mol. The van der Waals surface area contributed by atoms with Crippen molar-refractivity contribution in [3.63, 3.8) is 0 Å². The van der Waals surface area contributed by atoms with E-state index in [0.29, 0.717) is 18.8 Å². The molecule has 0 saturated carbocycles. The van der Waals surface area contributed by atoms with Gasteiger partial charge >= 0.3 is 16.2 Å². The van der Waals surface area contributed by atoms with Crippen molar-refractivity contribution in [2.24, 2.45) is 0 Å². The molecule has 1 aliphatic rings. The number of carbonyl (C=O) groups excluding carboxylic acids is 1. The molecule has 6 nitrogen and oxygen atoms in total. The number of hydrogen-bond acceptors (Lipinski definition) is 4. The molecule has 7 heteroatoms. The van der Waals surface area contributed by atoms with Gasteiger partial charge in [0, 0.05) is 13.1 Å². The Morgan fingerprint density at radius 2 is 2.12 bits per heavy atom. The molecule has 1 saturated heterocycles. The third kappa shape index (κ3) is 2.11. The van der Waals surface area contributed by atoms with Gasteiger partial charge in [-0.25, -0.2) is 4.79 Å². The van der Waals surface area contributed by atoms with Crippen LogP contribution in [0, 0.1) is 0 Å². The predicted octanol–water partition coefficient (Wildman–Crippen LogP) is 0.128. The Labute approximate surface area is 99.4 Å². The van der Waals surface area contributed by atoms with E-state index in [4.69, 9.17) is 0 Å². The lowest BCUT2D eigenvalue weighted by atomic mass is 10.2. The maximum absolute atomic E-state index is 11.7. The summed E-state index contributed by atoms with van der Waals surface area (Å²) in [6, 6.07) is 6.45. The lowest BCUT2D eigenvalue weighted by Crippen LogP contribution is -2.30. The molecule has 0 amide bonds. The van der Waals surface area contributed by atoms with Crippen molar-refractivity contribution in [1.82, 2.24) is 4.72 Å². The van der Waals surface area contributed by atoms with Gasteiger partial charge in [-0.15, -0.1) is 0 Å². The fraction of sp³-hybridized carbons (Fsp3) is 0.300. The van der Waals surface area contributed by atoms with Crippen LogP contribution in [0.15, 0.2) is 24.3 Å². The highest BCUT2D eigenvalue weighted by Gasteiger charge is 2.30. The fourth-order valence-electron chi connectivity index (χ4n) is 1.70. The lowest BCUT2D eigenvalue weighted by Gasteiger charge is -2.18. The molecule has 2 rings (SSSR count). The second-order valence-corrected chi connectivity index (χ2v) is 5.16. The molecule has 1 fully saturated rings. The zero-order chi connectivity index (χ0) is 12.5. The molecule has 0 bridgehead atoms. The van der Waals surface area contributed by atoms with Gasteiger partial charge < -0.3 is 4.74 Å². The molecule has 0 radical (unpaired) electrons. The second kappa shape index (κ2) is 4.34. The summed E-state index contributed by atoms with van der Waals surface area (Å²) in [5, 5.41) is 0. The number of methoxy groups -OCH3 is 1.